The molecule has 1 aromatic carbocycles. The van der Waals surface area contributed by atoms with Crippen molar-refractivity contribution in [2.75, 3.05) is 51.7 Å². The van der Waals surface area contributed by atoms with Gasteiger partial charge in [0.1, 0.15) is 5.75 Å². The number of hydrogen-bond donors (Lipinski definition) is 2. The molecule has 0 atom stereocenters. The molecule has 6 heteroatoms. The summed E-state index contributed by atoms with van der Waals surface area (Å²) >= 11 is 0. The van der Waals surface area contributed by atoms with E-state index in [-0.39, 0.29) is 6.03 Å². The summed E-state index contributed by atoms with van der Waals surface area (Å²) in [5, 5.41) is 6.27. The van der Waals surface area contributed by atoms with E-state index in [4.69, 9.17) is 4.74 Å². The molecule has 21 heavy (non-hydrogen) atoms. The molecule has 0 bridgehead atoms. The maximum absolute atomic E-state index is 12.2. The molecule has 0 aliphatic carbocycles. The molecule has 0 saturated carbocycles. The zero-order valence-electron chi connectivity index (χ0n) is 12.3. The van der Waals surface area contributed by atoms with Gasteiger partial charge in [-0.3, -0.25) is 4.90 Å². The molecule has 3 rings (SSSR count). The first-order valence-corrected chi connectivity index (χ1v) is 7.41. The summed E-state index contributed by atoms with van der Waals surface area (Å²) in [7, 11) is 1.62. The second-order valence-electron chi connectivity index (χ2n) is 5.51. The molecule has 0 spiro atoms. The van der Waals surface area contributed by atoms with Crippen molar-refractivity contribution in [3.8, 4) is 5.75 Å². The van der Waals surface area contributed by atoms with Gasteiger partial charge >= 0.3 is 6.03 Å². The fraction of sp³-hybridized carbons (Fsp3) is 0.533. The molecule has 2 saturated heterocycles. The van der Waals surface area contributed by atoms with Crippen LogP contribution in [0.15, 0.2) is 24.3 Å². The molecular formula is C15H22N4O2. The lowest BCUT2D eigenvalue weighted by molar-refractivity contribution is 0.0537. The summed E-state index contributed by atoms with van der Waals surface area (Å²) in [6.07, 6.45) is 0. The van der Waals surface area contributed by atoms with Crippen LogP contribution in [0.25, 0.3) is 0 Å². The van der Waals surface area contributed by atoms with Gasteiger partial charge in [-0.2, -0.15) is 0 Å². The number of amides is 2. The van der Waals surface area contributed by atoms with Gasteiger partial charge in [0.2, 0.25) is 0 Å². The van der Waals surface area contributed by atoms with Gasteiger partial charge in [0.25, 0.3) is 0 Å². The van der Waals surface area contributed by atoms with E-state index >= 15 is 0 Å². The number of rotatable bonds is 3. The van der Waals surface area contributed by atoms with E-state index < -0.39 is 0 Å². The Hall–Kier alpha value is -1.79. The first-order valence-electron chi connectivity index (χ1n) is 7.41. The minimum atomic E-state index is -0.0327. The fourth-order valence-corrected chi connectivity index (χ4v) is 2.80. The molecule has 2 aliphatic rings. The van der Waals surface area contributed by atoms with Gasteiger partial charge in [0.15, 0.2) is 0 Å². The Bertz CT molecular complexity index is 496. The van der Waals surface area contributed by atoms with Crippen LogP contribution in [-0.2, 0) is 0 Å². The Balaban J connectivity index is 1.48. The quantitative estimate of drug-likeness (QED) is 0.865. The number of likely N-dealkylation sites (tertiary alicyclic amines) is 1. The second kappa shape index (κ2) is 6.32. The SMILES string of the molecule is COc1cccc(NC(=O)N2CC(N3CCNCC3)C2)c1. The summed E-state index contributed by atoms with van der Waals surface area (Å²) in [6.45, 7) is 5.89. The highest BCUT2D eigenvalue weighted by atomic mass is 16.5. The Morgan fingerprint density at radius 1 is 1.33 bits per heavy atom. The third kappa shape index (κ3) is 3.28. The number of methoxy groups -OCH3 is 1. The molecular weight excluding hydrogens is 268 g/mol. The van der Waals surface area contributed by atoms with Crippen LogP contribution in [0.5, 0.6) is 5.75 Å². The minimum absolute atomic E-state index is 0.0327. The van der Waals surface area contributed by atoms with Gasteiger partial charge < -0.3 is 20.3 Å². The largest absolute Gasteiger partial charge is 0.497 e. The number of nitrogens with zero attached hydrogens (tertiary/aromatic N) is 2. The number of piperazine rings is 1. The predicted molar refractivity (Wildman–Crippen MR) is 81.8 cm³/mol. The number of benzene rings is 1. The van der Waals surface area contributed by atoms with E-state index in [1.165, 1.54) is 0 Å². The number of carbonyl (C=O) groups is 1. The maximum Gasteiger partial charge on any atom is 0.321 e. The molecule has 2 N–H and O–H groups in total. The van der Waals surface area contributed by atoms with Crippen LogP contribution in [0.4, 0.5) is 10.5 Å². The molecule has 0 aromatic heterocycles. The number of hydrogen-bond acceptors (Lipinski definition) is 4. The molecule has 0 unspecified atom stereocenters. The van der Waals surface area contributed by atoms with Gasteiger partial charge in [-0.1, -0.05) is 6.07 Å². The van der Waals surface area contributed by atoms with Crippen LogP contribution in [0, 0.1) is 0 Å². The van der Waals surface area contributed by atoms with Crippen LogP contribution in [-0.4, -0.2) is 68.3 Å². The van der Waals surface area contributed by atoms with Crippen LogP contribution in [0.1, 0.15) is 0 Å². The Morgan fingerprint density at radius 2 is 2.10 bits per heavy atom. The van der Waals surface area contributed by atoms with Gasteiger partial charge in [0.05, 0.1) is 7.11 Å². The first kappa shape index (κ1) is 14.2. The lowest BCUT2D eigenvalue weighted by Gasteiger charge is -2.46. The Morgan fingerprint density at radius 3 is 2.81 bits per heavy atom. The van der Waals surface area contributed by atoms with Gasteiger partial charge in [-0.05, 0) is 12.1 Å². The first-order chi connectivity index (χ1) is 10.3. The van der Waals surface area contributed by atoms with Crippen molar-refractivity contribution in [2.24, 2.45) is 0 Å². The average molecular weight is 290 g/mol. The number of ether oxygens (including phenoxy) is 1. The Labute approximate surface area is 125 Å². The van der Waals surface area contributed by atoms with E-state index in [0.29, 0.717) is 6.04 Å². The minimum Gasteiger partial charge on any atom is -0.497 e. The molecule has 2 heterocycles. The van der Waals surface area contributed by atoms with Crippen LogP contribution >= 0.6 is 0 Å². The lowest BCUT2D eigenvalue weighted by atomic mass is 10.1. The van der Waals surface area contributed by atoms with Gasteiger partial charge in [-0.25, -0.2) is 4.79 Å². The van der Waals surface area contributed by atoms with Crippen LogP contribution in [0.3, 0.4) is 0 Å². The monoisotopic (exact) mass is 290 g/mol. The van der Waals surface area contributed by atoms with Crippen molar-refractivity contribution in [1.29, 1.82) is 0 Å². The van der Waals surface area contributed by atoms with E-state index in [1.54, 1.807) is 7.11 Å². The number of carbonyl (C=O) groups excluding carboxylic acids is 1. The van der Waals surface area contributed by atoms with Crippen molar-refractivity contribution < 1.29 is 9.53 Å². The number of nitrogens with one attached hydrogen (secondary N) is 2. The molecule has 2 aliphatic heterocycles. The van der Waals surface area contributed by atoms with Crippen molar-refractivity contribution in [3.05, 3.63) is 24.3 Å². The zero-order valence-corrected chi connectivity index (χ0v) is 12.3. The van der Waals surface area contributed by atoms with Gasteiger partial charge in [-0.15, -0.1) is 0 Å². The average Bonchev–Trinajstić information content (AvgIpc) is 2.47. The van der Waals surface area contributed by atoms with E-state index in [9.17, 15) is 4.79 Å². The zero-order chi connectivity index (χ0) is 14.7. The molecule has 1 aromatic rings. The highest BCUT2D eigenvalue weighted by Crippen LogP contribution is 2.20. The third-order valence-electron chi connectivity index (χ3n) is 4.14. The van der Waals surface area contributed by atoms with E-state index in [2.05, 4.69) is 15.5 Å². The van der Waals surface area contributed by atoms with E-state index in [1.807, 2.05) is 29.2 Å². The molecule has 2 amide bonds. The number of urea groups is 1. The molecule has 2 fully saturated rings. The summed E-state index contributed by atoms with van der Waals surface area (Å²) in [5.74, 6) is 0.745. The van der Waals surface area contributed by atoms with Crippen LogP contribution in [0.2, 0.25) is 0 Å². The number of anilines is 1. The van der Waals surface area contributed by atoms with Crippen LogP contribution < -0.4 is 15.4 Å². The van der Waals surface area contributed by atoms with Crippen molar-refractivity contribution in [3.63, 3.8) is 0 Å². The second-order valence-corrected chi connectivity index (χ2v) is 5.51. The molecule has 0 radical (unpaired) electrons. The van der Waals surface area contributed by atoms with Gasteiger partial charge in [0, 0.05) is 57.1 Å². The predicted octanol–water partition coefficient (Wildman–Crippen LogP) is 0.817. The molecule has 6 nitrogen and oxygen atoms in total. The standard InChI is InChI=1S/C15H22N4O2/c1-21-14-4-2-3-12(9-14)17-15(20)19-10-13(11-19)18-7-5-16-6-8-18/h2-4,9,13,16H,5-8,10-11H2,1H3,(H,17,20). The third-order valence-corrected chi connectivity index (χ3v) is 4.14. The fourth-order valence-electron chi connectivity index (χ4n) is 2.80. The Kier molecular flexibility index (Phi) is 4.26. The van der Waals surface area contributed by atoms with Crippen molar-refractivity contribution in [1.82, 2.24) is 15.1 Å². The van der Waals surface area contributed by atoms with Crippen molar-refractivity contribution >= 4 is 11.7 Å². The van der Waals surface area contributed by atoms with E-state index in [0.717, 1.165) is 50.7 Å². The van der Waals surface area contributed by atoms with Crippen molar-refractivity contribution in [2.45, 2.75) is 6.04 Å². The summed E-state index contributed by atoms with van der Waals surface area (Å²) in [5.41, 5.74) is 0.768. The smallest absolute Gasteiger partial charge is 0.321 e. The maximum atomic E-state index is 12.2. The summed E-state index contributed by atoms with van der Waals surface area (Å²) in [4.78, 5) is 16.5. The highest BCUT2D eigenvalue weighted by molar-refractivity contribution is 5.90. The highest BCUT2D eigenvalue weighted by Gasteiger charge is 2.35. The lowest BCUT2D eigenvalue weighted by Crippen LogP contribution is -2.64. The topological polar surface area (TPSA) is 56.8 Å². The molecule has 114 valence electrons. The summed E-state index contributed by atoms with van der Waals surface area (Å²) < 4.78 is 5.16. The summed E-state index contributed by atoms with van der Waals surface area (Å²) in [6, 6.07) is 7.91. The normalized spacial score (nSPS) is 20.0.